The normalized spacial score (nSPS) is 22.0. The molecule has 0 saturated carbocycles. The molecule has 7 heteroatoms. The lowest BCUT2D eigenvalue weighted by molar-refractivity contribution is -0.184. The van der Waals surface area contributed by atoms with Crippen molar-refractivity contribution in [3.8, 4) is 11.5 Å². The van der Waals surface area contributed by atoms with E-state index in [-0.39, 0.29) is 6.61 Å². The fourth-order valence-corrected chi connectivity index (χ4v) is 3.76. The van der Waals surface area contributed by atoms with Gasteiger partial charge in [0.05, 0.1) is 42.5 Å². The Kier molecular flexibility index (Phi) is 5.71. The second kappa shape index (κ2) is 8.41. The molecule has 1 aliphatic rings. The van der Waals surface area contributed by atoms with Crippen LogP contribution in [0.1, 0.15) is 29.7 Å². The summed E-state index contributed by atoms with van der Waals surface area (Å²) < 4.78 is 17.2. The Morgan fingerprint density at radius 2 is 2.00 bits per heavy atom. The van der Waals surface area contributed by atoms with Crippen molar-refractivity contribution < 1.29 is 24.4 Å². The third-order valence-electron chi connectivity index (χ3n) is 5.18. The number of ether oxygens (including phenoxy) is 3. The van der Waals surface area contributed by atoms with E-state index >= 15 is 0 Å². The van der Waals surface area contributed by atoms with Crippen molar-refractivity contribution in [2.45, 2.75) is 44.7 Å². The number of hydrogen-bond acceptors (Lipinski definition) is 6. The van der Waals surface area contributed by atoms with Crippen LogP contribution >= 0.6 is 0 Å². The zero-order valence-electron chi connectivity index (χ0n) is 16.6. The van der Waals surface area contributed by atoms with E-state index in [1.807, 2.05) is 43.3 Å². The lowest BCUT2D eigenvalue weighted by Crippen LogP contribution is -2.40. The van der Waals surface area contributed by atoms with Gasteiger partial charge in [-0.25, -0.2) is 0 Å². The van der Waals surface area contributed by atoms with Crippen LogP contribution in [0.4, 0.5) is 0 Å². The summed E-state index contributed by atoms with van der Waals surface area (Å²) in [4.78, 5) is 0. The molecular formula is C22H26N2O5. The molecule has 4 rings (SSSR count). The number of aromatic nitrogens is 2. The monoisotopic (exact) mass is 398 g/mol. The third-order valence-corrected chi connectivity index (χ3v) is 5.18. The first-order valence-corrected chi connectivity index (χ1v) is 9.77. The molecule has 0 amide bonds. The Balaban J connectivity index is 1.63. The molecule has 0 spiro atoms. The van der Waals surface area contributed by atoms with E-state index in [4.69, 9.17) is 14.2 Å². The van der Waals surface area contributed by atoms with Crippen LogP contribution < -0.4 is 9.47 Å². The Hall–Kier alpha value is -2.61. The van der Waals surface area contributed by atoms with Gasteiger partial charge in [0.2, 0.25) is 6.29 Å². The van der Waals surface area contributed by atoms with Crippen molar-refractivity contribution in [2.75, 3.05) is 13.7 Å². The SMILES string of the molecule is COc1ccc(Cc2[nH]nc3cc(C)cc(OC4C[C@@H](O)CC(CO)O4)c23)cc1. The molecule has 1 aliphatic heterocycles. The Morgan fingerprint density at radius 1 is 1.21 bits per heavy atom. The number of nitrogens with one attached hydrogen (secondary N) is 1. The van der Waals surface area contributed by atoms with Crippen LogP contribution in [0, 0.1) is 6.92 Å². The summed E-state index contributed by atoms with van der Waals surface area (Å²) in [7, 11) is 1.65. The predicted octanol–water partition coefficient (Wildman–Crippen LogP) is 2.71. The number of aryl methyl sites for hydroxylation is 1. The van der Waals surface area contributed by atoms with Gasteiger partial charge >= 0.3 is 0 Å². The minimum absolute atomic E-state index is 0.144. The fourth-order valence-electron chi connectivity index (χ4n) is 3.76. The Bertz CT molecular complexity index is 969. The molecule has 1 aromatic heterocycles. The number of rotatable bonds is 6. The van der Waals surface area contributed by atoms with E-state index in [0.29, 0.717) is 25.0 Å². The summed E-state index contributed by atoms with van der Waals surface area (Å²) in [5, 5.41) is 28.0. The van der Waals surface area contributed by atoms with Gasteiger partial charge in [-0.2, -0.15) is 5.10 Å². The van der Waals surface area contributed by atoms with E-state index in [0.717, 1.165) is 33.5 Å². The molecule has 29 heavy (non-hydrogen) atoms. The number of hydrogen-bond donors (Lipinski definition) is 3. The summed E-state index contributed by atoms with van der Waals surface area (Å²) in [6, 6.07) is 11.9. The topological polar surface area (TPSA) is 96.8 Å². The summed E-state index contributed by atoms with van der Waals surface area (Å²) in [6.07, 6.45) is -0.176. The molecule has 2 aromatic carbocycles. The van der Waals surface area contributed by atoms with Gasteiger partial charge in [0.15, 0.2) is 0 Å². The van der Waals surface area contributed by atoms with Gasteiger partial charge in [-0.15, -0.1) is 0 Å². The average molecular weight is 398 g/mol. The number of fused-ring (bicyclic) bond motifs is 1. The quantitative estimate of drug-likeness (QED) is 0.591. The van der Waals surface area contributed by atoms with E-state index < -0.39 is 18.5 Å². The molecule has 154 valence electrons. The number of H-pyrrole nitrogens is 1. The highest BCUT2D eigenvalue weighted by Crippen LogP contribution is 2.33. The van der Waals surface area contributed by atoms with Crippen LogP contribution in [0.15, 0.2) is 36.4 Å². The zero-order valence-corrected chi connectivity index (χ0v) is 16.6. The van der Waals surface area contributed by atoms with E-state index in [1.54, 1.807) is 7.11 Å². The summed E-state index contributed by atoms with van der Waals surface area (Å²) in [5.74, 6) is 1.47. The average Bonchev–Trinajstić information content (AvgIpc) is 3.10. The molecule has 7 nitrogen and oxygen atoms in total. The van der Waals surface area contributed by atoms with Crippen LogP contribution in [0.5, 0.6) is 11.5 Å². The summed E-state index contributed by atoms with van der Waals surface area (Å²) in [6.45, 7) is 1.84. The lowest BCUT2D eigenvalue weighted by atomic mass is 10.0. The van der Waals surface area contributed by atoms with Crippen molar-refractivity contribution in [1.82, 2.24) is 10.2 Å². The van der Waals surface area contributed by atoms with Crippen molar-refractivity contribution in [1.29, 1.82) is 0 Å². The maximum absolute atomic E-state index is 10.1. The van der Waals surface area contributed by atoms with Gasteiger partial charge in [0.25, 0.3) is 0 Å². The van der Waals surface area contributed by atoms with Gasteiger partial charge in [-0.1, -0.05) is 12.1 Å². The van der Waals surface area contributed by atoms with Gasteiger partial charge < -0.3 is 24.4 Å². The number of methoxy groups -OCH3 is 1. The summed E-state index contributed by atoms with van der Waals surface area (Å²) >= 11 is 0. The predicted molar refractivity (Wildman–Crippen MR) is 108 cm³/mol. The second-order valence-electron chi connectivity index (χ2n) is 7.50. The molecular weight excluding hydrogens is 372 g/mol. The van der Waals surface area contributed by atoms with Gasteiger partial charge in [0.1, 0.15) is 11.5 Å². The first-order chi connectivity index (χ1) is 14.1. The third kappa shape index (κ3) is 4.37. The number of aliphatic hydroxyl groups excluding tert-OH is 2. The van der Waals surface area contributed by atoms with Crippen LogP contribution in [-0.2, 0) is 11.2 Å². The Labute approximate surface area is 169 Å². The molecule has 3 atom stereocenters. The van der Waals surface area contributed by atoms with Gasteiger partial charge in [0, 0.05) is 19.3 Å². The maximum Gasteiger partial charge on any atom is 0.202 e. The van der Waals surface area contributed by atoms with Crippen LogP contribution in [-0.4, -0.2) is 52.6 Å². The number of nitrogens with zero attached hydrogens (tertiary/aromatic N) is 1. The minimum Gasteiger partial charge on any atom is -0.497 e. The molecule has 1 saturated heterocycles. The van der Waals surface area contributed by atoms with E-state index in [1.165, 1.54) is 0 Å². The molecule has 2 heterocycles. The standard InChI is InChI=1S/C22H26N2O5/c1-13-7-18-22(19(24-23-18)9-14-3-5-16(27-2)6-4-14)20(8-13)29-21-11-15(26)10-17(12-25)28-21/h3-8,15,17,21,25-26H,9-12H2,1-2H3,(H,23,24)/t15-,17?,21?/m0/s1. The van der Waals surface area contributed by atoms with E-state index in [2.05, 4.69) is 10.2 Å². The molecule has 3 N–H and O–H groups in total. The highest BCUT2D eigenvalue weighted by Gasteiger charge is 2.30. The Morgan fingerprint density at radius 3 is 2.72 bits per heavy atom. The molecule has 0 aliphatic carbocycles. The molecule has 0 radical (unpaired) electrons. The minimum atomic E-state index is -0.621. The highest BCUT2D eigenvalue weighted by molar-refractivity contribution is 5.88. The largest absolute Gasteiger partial charge is 0.497 e. The highest BCUT2D eigenvalue weighted by atomic mass is 16.7. The number of aromatic amines is 1. The van der Waals surface area contributed by atoms with Crippen LogP contribution in [0.25, 0.3) is 10.9 Å². The molecule has 2 unspecified atom stereocenters. The second-order valence-corrected chi connectivity index (χ2v) is 7.50. The number of benzene rings is 2. The maximum atomic E-state index is 10.1. The first kappa shape index (κ1) is 19.7. The molecule has 3 aromatic rings. The van der Waals surface area contributed by atoms with Crippen molar-refractivity contribution >= 4 is 10.9 Å². The van der Waals surface area contributed by atoms with Gasteiger partial charge in [-0.3, -0.25) is 5.10 Å². The number of aliphatic hydroxyl groups is 2. The molecule has 1 fully saturated rings. The lowest BCUT2D eigenvalue weighted by Gasteiger charge is -2.32. The van der Waals surface area contributed by atoms with Crippen LogP contribution in [0.3, 0.4) is 0 Å². The van der Waals surface area contributed by atoms with E-state index in [9.17, 15) is 10.2 Å². The van der Waals surface area contributed by atoms with Crippen molar-refractivity contribution in [2.24, 2.45) is 0 Å². The molecule has 0 bridgehead atoms. The van der Waals surface area contributed by atoms with Crippen molar-refractivity contribution in [3.63, 3.8) is 0 Å². The van der Waals surface area contributed by atoms with Gasteiger partial charge in [-0.05, 0) is 42.3 Å². The van der Waals surface area contributed by atoms with Crippen molar-refractivity contribution in [3.05, 3.63) is 53.2 Å². The van der Waals surface area contributed by atoms with Crippen LogP contribution in [0.2, 0.25) is 0 Å². The zero-order chi connectivity index (χ0) is 20.4. The smallest absolute Gasteiger partial charge is 0.202 e. The first-order valence-electron chi connectivity index (χ1n) is 9.77. The summed E-state index contributed by atoms with van der Waals surface area (Å²) in [5.41, 5.74) is 3.89. The fraction of sp³-hybridized carbons (Fsp3) is 0.409.